The van der Waals surface area contributed by atoms with Crippen LogP contribution in [0.3, 0.4) is 0 Å². The van der Waals surface area contributed by atoms with Gasteiger partial charge in [-0.25, -0.2) is 8.42 Å². The van der Waals surface area contributed by atoms with Crippen LogP contribution in [0.1, 0.15) is 41.5 Å². The van der Waals surface area contributed by atoms with Gasteiger partial charge in [0, 0.05) is 12.0 Å². The van der Waals surface area contributed by atoms with Crippen molar-refractivity contribution in [2.45, 2.75) is 42.7 Å². The van der Waals surface area contributed by atoms with Crippen molar-refractivity contribution >= 4 is 15.7 Å². The largest absolute Gasteiger partial charge is 0.291 e. The van der Waals surface area contributed by atoms with Crippen molar-refractivity contribution in [2.24, 2.45) is 5.41 Å². The van der Waals surface area contributed by atoms with Gasteiger partial charge in [0.05, 0.1) is 29.2 Å². The van der Waals surface area contributed by atoms with Crippen molar-refractivity contribution in [1.29, 1.82) is 5.26 Å². The average molecular weight is 470 g/mol. The Balaban J connectivity index is 1.58. The molecule has 4 atom stereocenters. The first kappa shape index (κ1) is 21.4. The number of para-hydroxylation sites is 1. The van der Waals surface area contributed by atoms with Crippen LogP contribution in [0.15, 0.2) is 83.8 Å². The quantitative estimate of drug-likeness (QED) is 0.541. The number of nitrogens with zero attached hydrogens (tertiary/aromatic N) is 3. The number of hydrogen-bond donors (Lipinski definition) is 0. The molecule has 3 aromatic carbocycles. The van der Waals surface area contributed by atoms with Crippen LogP contribution in [0.5, 0.6) is 0 Å². The summed E-state index contributed by atoms with van der Waals surface area (Å²) in [6.45, 7) is 3.02. The highest BCUT2D eigenvalue weighted by Gasteiger charge is 2.65. The van der Waals surface area contributed by atoms with E-state index in [0.29, 0.717) is 5.69 Å². The molecule has 34 heavy (non-hydrogen) atoms. The fraction of sp³-hybridized carbons (Fsp3) is 0.321. The van der Waals surface area contributed by atoms with E-state index >= 15 is 0 Å². The summed E-state index contributed by atoms with van der Waals surface area (Å²) < 4.78 is 29.5. The SMILES string of the molecule is Cc1ccc(S(=O)(=O)N2C[C@@]3(C#N)[C@H](c4ccccc4)[C@H]4CCCN4[C@H]3c3ccccc32)cc1. The molecule has 0 spiro atoms. The molecule has 6 heteroatoms. The van der Waals surface area contributed by atoms with Crippen LogP contribution >= 0.6 is 0 Å². The number of aryl methyl sites for hydroxylation is 1. The first-order chi connectivity index (χ1) is 16.5. The summed E-state index contributed by atoms with van der Waals surface area (Å²) in [5.41, 5.74) is 2.88. The maximum absolute atomic E-state index is 14.0. The molecule has 0 unspecified atom stereocenters. The zero-order chi connectivity index (χ0) is 23.5. The molecule has 0 amide bonds. The van der Waals surface area contributed by atoms with E-state index < -0.39 is 15.4 Å². The Hall–Kier alpha value is -3.14. The fourth-order valence-corrected chi connectivity index (χ4v) is 8.15. The minimum atomic E-state index is -3.84. The molecule has 3 heterocycles. The Labute approximate surface area is 201 Å². The second kappa shape index (κ2) is 7.69. The summed E-state index contributed by atoms with van der Waals surface area (Å²) in [5.74, 6) is -0.0599. The Bertz CT molecular complexity index is 1380. The molecule has 0 radical (unpaired) electrons. The van der Waals surface area contributed by atoms with Gasteiger partial charge in [-0.1, -0.05) is 66.2 Å². The summed E-state index contributed by atoms with van der Waals surface area (Å²) >= 11 is 0. The van der Waals surface area contributed by atoms with Crippen molar-refractivity contribution in [1.82, 2.24) is 4.90 Å². The van der Waals surface area contributed by atoms with Crippen LogP contribution in [-0.4, -0.2) is 32.4 Å². The van der Waals surface area contributed by atoms with E-state index in [1.807, 2.05) is 61.5 Å². The Morgan fingerprint density at radius 1 is 0.971 bits per heavy atom. The molecule has 3 aliphatic rings. The van der Waals surface area contributed by atoms with E-state index in [4.69, 9.17) is 0 Å². The number of benzene rings is 3. The number of fused-ring (bicyclic) bond motifs is 5. The topological polar surface area (TPSA) is 64.4 Å². The number of rotatable bonds is 3. The highest BCUT2D eigenvalue weighted by atomic mass is 32.2. The zero-order valence-electron chi connectivity index (χ0n) is 19.1. The summed E-state index contributed by atoms with van der Waals surface area (Å²) in [7, 11) is -3.84. The summed E-state index contributed by atoms with van der Waals surface area (Å²) in [5, 5.41) is 10.9. The Morgan fingerprint density at radius 2 is 1.68 bits per heavy atom. The maximum Gasteiger partial charge on any atom is 0.264 e. The molecule has 6 rings (SSSR count). The second-order valence-corrected chi connectivity index (χ2v) is 11.6. The lowest BCUT2D eigenvalue weighted by Crippen LogP contribution is -2.50. The highest BCUT2D eigenvalue weighted by molar-refractivity contribution is 7.92. The van der Waals surface area contributed by atoms with Gasteiger partial charge < -0.3 is 0 Å². The van der Waals surface area contributed by atoms with E-state index in [0.717, 1.165) is 36.1 Å². The van der Waals surface area contributed by atoms with Crippen LogP contribution in [-0.2, 0) is 10.0 Å². The van der Waals surface area contributed by atoms with Crippen molar-refractivity contribution < 1.29 is 8.42 Å². The standard InChI is InChI=1S/C28H27N3O2S/c1-20-13-15-22(16-14-20)34(32,33)31-19-28(18-29)26(21-8-3-2-4-9-21)25-12-7-17-30(25)27(28)23-10-5-6-11-24(23)31/h2-6,8-11,13-16,25-27H,7,12,17,19H2,1H3/t25-,26-,27+,28+/m1/s1. The lowest BCUT2D eigenvalue weighted by molar-refractivity contribution is 0.194. The molecule has 3 aliphatic heterocycles. The minimum Gasteiger partial charge on any atom is -0.291 e. The molecule has 172 valence electrons. The number of anilines is 1. The molecule has 0 N–H and O–H groups in total. The van der Waals surface area contributed by atoms with E-state index in [9.17, 15) is 13.7 Å². The molecule has 0 saturated carbocycles. The van der Waals surface area contributed by atoms with Gasteiger partial charge in [0.15, 0.2) is 0 Å². The lowest BCUT2D eigenvalue weighted by atomic mass is 9.65. The van der Waals surface area contributed by atoms with Gasteiger partial charge in [-0.3, -0.25) is 9.21 Å². The molecule has 0 aromatic heterocycles. The van der Waals surface area contributed by atoms with E-state index in [2.05, 4.69) is 23.1 Å². The van der Waals surface area contributed by atoms with Crippen LogP contribution in [0.2, 0.25) is 0 Å². The van der Waals surface area contributed by atoms with E-state index in [1.54, 1.807) is 12.1 Å². The van der Waals surface area contributed by atoms with Crippen LogP contribution in [0.25, 0.3) is 0 Å². The average Bonchev–Trinajstić information content (AvgIpc) is 3.43. The van der Waals surface area contributed by atoms with Crippen LogP contribution in [0, 0.1) is 23.7 Å². The smallest absolute Gasteiger partial charge is 0.264 e. The van der Waals surface area contributed by atoms with Crippen LogP contribution < -0.4 is 4.31 Å². The maximum atomic E-state index is 14.0. The molecular weight excluding hydrogens is 442 g/mol. The fourth-order valence-electron chi connectivity index (χ4n) is 6.61. The first-order valence-corrected chi connectivity index (χ1v) is 13.3. The van der Waals surface area contributed by atoms with Gasteiger partial charge in [0.1, 0.15) is 5.41 Å². The van der Waals surface area contributed by atoms with Crippen molar-refractivity contribution in [3.8, 4) is 6.07 Å². The second-order valence-electron chi connectivity index (χ2n) is 9.77. The predicted octanol–water partition coefficient (Wildman–Crippen LogP) is 5.02. The van der Waals surface area contributed by atoms with Crippen molar-refractivity contribution in [3.05, 3.63) is 95.6 Å². The molecule has 0 aliphatic carbocycles. The van der Waals surface area contributed by atoms with Gasteiger partial charge in [0.25, 0.3) is 10.0 Å². The third kappa shape index (κ3) is 2.90. The van der Waals surface area contributed by atoms with Gasteiger partial charge in [-0.15, -0.1) is 0 Å². The Kier molecular flexibility index (Phi) is 4.84. The molecule has 3 aromatic rings. The molecule has 2 saturated heterocycles. The molecule has 2 fully saturated rings. The monoisotopic (exact) mass is 469 g/mol. The summed E-state index contributed by atoms with van der Waals surface area (Å²) in [6, 6.07) is 27.8. The highest BCUT2D eigenvalue weighted by Crippen LogP contribution is 2.64. The molecule has 5 nitrogen and oxygen atoms in total. The summed E-state index contributed by atoms with van der Waals surface area (Å²) in [4.78, 5) is 2.74. The van der Waals surface area contributed by atoms with Gasteiger partial charge in [-0.05, 0) is 55.6 Å². The first-order valence-electron chi connectivity index (χ1n) is 11.9. The number of sulfonamides is 1. The van der Waals surface area contributed by atoms with Crippen molar-refractivity contribution in [3.63, 3.8) is 0 Å². The summed E-state index contributed by atoms with van der Waals surface area (Å²) in [6.07, 6.45) is 2.12. The molecular formula is C28H27N3O2S. The van der Waals surface area contributed by atoms with Gasteiger partial charge >= 0.3 is 0 Å². The molecule has 0 bridgehead atoms. The number of nitriles is 1. The van der Waals surface area contributed by atoms with Crippen LogP contribution in [0.4, 0.5) is 5.69 Å². The lowest BCUT2D eigenvalue weighted by Gasteiger charge is -2.45. The number of hydrogen-bond acceptors (Lipinski definition) is 4. The Morgan fingerprint density at radius 3 is 2.41 bits per heavy atom. The zero-order valence-corrected chi connectivity index (χ0v) is 19.9. The van der Waals surface area contributed by atoms with Gasteiger partial charge in [0.2, 0.25) is 0 Å². The minimum absolute atomic E-state index is 0.0599. The van der Waals surface area contributed by atoms with Crippen molar-refractivity contribution in [2.75, 3.05) is 17.4 Å². The van der Waals surface area contributed by atoms with Gasteiger partial charge in [-0.2, -0.15) is 5.26 Å². The van der Waals surface area contributed by atoms with E-state index in [1.165, 1.54) is 4.31 Å². The third-order valence-corrected chi connectivity index (χ3v) is 9.76. The van der Waals surface area contributed by atoms with E-state index in [-0.39, 0.29) is 29.4 Å². The normalized spacial score (nSPS) is 28.1. The predicted molar refractivity (Wildman–Crippen MR) is 132 cm³/mol. The third-order valence-electron chi connectivity index (χ3n) is 7.98.